The summed E-state index contributed by atoms with van der Waals surface area (Å²) in [5.41, 5.74) is 3.49. The Kier molecular flexibility index (Phi) is 10.0. The van der Waals surface area contributed by atoms with Crippen LogP contribution in [-0.2, 0) is 11.3 Å². The Bertz CT molecular complexity index is 1310. The van der Waals surface area contributed by atoms with Gasteiger partial charge >= 0.3 is 6.09 Å². The predicted octanol–water partition coefficient (Wildman–Crippen LogP) is 6.58. The summed E-state index contributed by atoms with van der Waals surface area (Å²) in [4.78, 5) is 21.5. The first kappa shape index (κ1) is 30.8. The number of amides is 1. The maximum absolute atomic E-state index is 12.7. The predicted molar refractivity (Wildman–Crippen MR) is 164 cm³/mol. The Hall–Kier alpha value is -4.14. The van der Waals surface area contributed by atoms with Gasteiger partial charge in [0, 0.05) is 49.3 Å². The molecule has 1 aromatic heterocycles. The van der Waals surface area contributed by atoms with Crippen molar-refractivity contribution >= 4 is 11.8 Å². The second-order valence-electron chi connectivity index (χ2n) is 11.2. The molecule has 0 unspecified atom stereocenters. The summed E-state index contributed by atoms with van der Waals surface area (Å²) in [6.07, 6.45) is 5.14. The van der Waals surface area contributed by atoms with Crippen LogP contribution in [0.4, 0.5) is 10.5 Å². The molecule has 2 heterocycles. The Morgan fingerprint density at radius 1 is 0.929 bits per heavy atom. The molecular formula is C33H43N3O6. The van der Waals surface area contributed by atoms with E-state index in [-0.39, 0.29) is 12.1 Å². The van der Waals surface area contributed by atoms with Gasteiger partial charge in [-0.15, -0.1) is 0 Å². The van der Waals surface area contributed by atoms with Gasteiger partial charge in [0.2, 0.25) is 5.75 Å². The van der Waals surface area contributed by atoms with Crippen LogP contribution in [0.2, 0.25) is 0 Å². The number of nitrogens with zero attached hydrogens (tertiary/aromatic N) is 3. The molecule has 42 heavy (non-hydrogen) atoms. The second-order valence-corrected chi connectivity index (χ2v) is 11.2. The van der Waals surface area contributed by atoms with Gasteiger partial charge in [0.15, 0.2) is 11.5 Å². The highest BCUT2D eigenvalue weighted by Crippen LogP contribution is 2.41. The number of piperidine rings is 1. The van der Waals surface area contributed by atoms with E-state index in [0.717, 1.165) is 41.0 Å². The molecule has 1 aliphatic rings. The van der Waals surface area contributed by atoms with E-state index in [2.05, 4.69) is 28.1 Å². The standard InChI is InChI=1S/C33H43N3O6/c1-8-41-28-11-9-26(10-12-28)36(27-13-15-35(16-14-27)32(37)42-33(2,3)4)22-23-17-25(21-34-20-23)24-18-29(38-5)31(40-7)30(19-24)39-6/h9-12,17-21,27H,8,13-16,22H2,1-7H3. The first-order chi connectivity index (χ1) is 20.1. The lowest BCUT2D eigenvalue weighted by molar-refractivity contribution is 0.0204. The number of hydrogen-bond donors (Lipinski definition) is 0. The Morgan fingerprint density at radius 2 is 1.57 bits per heavy atom. The van der Waals surface area contributed by atoms with E-state index >= 15 is 0 Å². The molecule has 0 spiro atoms. The summed E-state index contributed by atoms with van der Waals surface area (Å²) in [7, 11) is 4.81. The van der Waals surface area contributed by atoms with Crippen LogP contribution in [0.5, 0.6) is 23.0 Å². The number of rotatable bonds is 10. The molecule has 0 saturated carbocycles. The van der Waals surface area contributed by atoms with Crippen LogP contribution in [0.3, 0.4) is 0 Å². The van der Waals surface area contributed by atoms with Gasteiger partial charge in [0.05, 0.1) is 27.9 Å². The van der Waals surface area contributed by atoms with Gasteiger partial charge in [-0.2, -0.15) is 0 Å². The van der Waals surface area contributed by atoms with Crippen LogP contribution in [0.1, 0.15) is 46.1 Å². The molecule has 9 nitrogen and oxygen atoms in total. The first-order valence-electron chi connectivity index (χ1n) is 14.4. The molecular weight excluding hydrogens is 534 g/mol. The van der Waals surface area contributed by atoms with E-state index in [0.29, 0.717) is 43.5 Å². The maximum atomic E-state index is 12.7. The molecule has 0 atom stereocenters. The fourth-order valence-electron chi connectivity index (χ4n) is 5.19. The first-order valence-corrected chi connectivity index (χ1v) is 14.4. The number of aromatic nitrogens is 1. The number of carbonyl (C=O) groups excluding carboxylic acids is 1. The van der Waals surface area contributed by atoms with E-state index in [9.17, 15) is 4.79 Å². The molecule has 226 valence electrons. The third kappa shape index (κ3) is 7.57. The van der Waals surface area contributed by atoms with Crippen molar-refractivity contribution in [3.8, 4) is 34.1 Å². The zero-order chi connectivity index (χ0) is 30.3. The fourth-order valence-corrected chi connectivity index (χ4v) is 5.19. The van der Waals surface area contributed by atoms with Crippen molar-refractivity contribution < 1.29 is 28.5 Å². The Balaban J connectivity index is 1.60. The van der Waals surface area contributed by atoms with E-state index in [4.69, 9.17) is 23.7 Å². The number of methoxy groups -OCH3 is 3. The van der Waals surface area contributed by atoms with Crippen molar-refractivity contribution in [1.29, 1.82) is 0 Å². The van der Waals surface area contributed by atoms with Crippen LogP contribution in [0.25, 0.3) is 11.1 Å². The topological polar surface area (TPSA) is 82.6 Å². The maximum Gasteiger partial charge on any atom is 0.410 e. The number of hydrogen-bond acceptors (Lipinski definition) is 8. The van der Waals surface area contributed by atoms with Crippen LogP contribution >= 0.6 is 0 Å². The van der Waals surface area contributed by atoms with Crippen molar-refractivity contribution in [3.05, 3.63) is 60.4 Å². The average molecular weight is 578 g/mol. The second kappa shape index (κ2) is 13.7. The number of ether oxygens (including phenoxy) is 5. The van der Waals surface area contributed by atoms with Crippen molar-refractivity contribution in [1.82, 2.24) is 9.88 Å². The summed E-state index contributed by atoms with van der Waals surface area (Å²) in [5.74, 6) is 2.56. The average Bonchev–Trinajstić information content (AvgIpc) is 2.99. The van der Waals surface area contributed by atoms with Crippen LogP contribution in [-0.4, -0.2) is 68.6 Å². The smallest absolute Gasteiger partial charge is 0.410 e. The van der Waals surface area contributed by atoms with Gasteiger partial charge in [-0.1, -0.05) is 0 Å². The van der Waals surface area contributed by atoms with E-state index in [1.165, 1.54) is 0 Å². The molecule has 0 aliphatic carbocycles. The lowest BCUT2D eigenvalue weighted by Gasteiger charge is -2.40. The number of pyridine rings is 1. The van der Waals surface area contributed by atoms with Gasteiger partial charge < -0.3 is 33.5 Å². The Labute approximate surface area is 249 Å². The van der Waals surface area contributed by atoms with Crippen molar-refractivity contribution in [2.24, 2.45) is 0 Å². The molecule has 0 N–H and O–H groups in total. The summed E-state index contributed by atoms with van der Waals surface area (Å²) < 4.78 is 27.9. The van der Waals surface area contributed by atoms with E-state index < -0.39 is 5.60 Å². The highest BCUT2D eigenvalue weighted by molar-refractivity contribution is 5.71. The minimum Gasteiger partial charge on any atom is -0.494 e. The number of benzene rings is 2. The SMILES string of the molecule is CCOc1ccc(N(Cc2cncc(-c3cc(OC)c(OC)c(OC)c3)c2)C2CCN(C(=O)OC(C)(C)C)CC2)cc1. The van der Waals surface area contributed by atoms with Crippen molar-refractivity contribution in [3.63, 3.8) is 0 Å². The quantitative estimate of drug-likeness (QED) is 0.267. The van der Waals surface area contributed by atoms with E-state index in [1.54, 1.807) is 21.3 Å². The third-order valence-electron chi connectivity index (χ3n) is 7.18. The Morgan fingerprint density at radius 3 is 2.12 bits per heavy atom. The van der Waals surface area contributed by atoms with Gasteiger partial charge in [0.25, 0.3) is 0 Å². The normalized spacial score (nSPS) is 13.8. The van der Waals surface area contributed by atoms with Gasteiger partial charge in [-0.3, -0.25) is 4.98 Å². The molecule has 1 saturated heterocycles. The zero-order valence-corrected chi connectivity index (χ0v) is 25.8. The molecule has 9 heteroatoms. The largest absolute Gasteiger partial charge is 0.494 e. The summed E-state index contributed by atoms with van der Waals surface area (Å²) in [5, 5.41) is 0. The minimum absolute atomic E-state index is 0.228. The highest BCUT2D eigenvalue weighted by Gasteiger charge is 2.30. The summed E-state index contributed by atoms with van der Waals surface area (Å²) in [6.45, 7) is 10.2. The molecule has 1 aliphatic heterocycles. The molecule has 0 bridgehead atoms. The van der Waals surface area contributed by atoms with Crippen molar-refractivity contribution in [2.75, 3.05) is 45.9 Å². The zero-order valence-electron chi connectivity index (χ0n) is 25.8. The molecule has 0 radical (unpaired) electrons. The lowest BCUT2D eigenvalue weighted by Crippen LogP contribution is -2.48. The van der Waals surface area contributed by atoms with Crippen LogP contribution < -0.4 is 23.8 Å². The number of likely N-dealkylation sites (tertiary alicyclic amines) is 1. The van der Waals surface area contributed by atoms with Gasteiger partial charge in [-0.25, -0.2) is 4.79 Å². The molecule has 3 aromatic rings. The van der Waals surface area contributed by atoms with Gasteiger partial charge in [0.1, 0.15) is 11.4 Å². The summed E-state index contributed by atoms with van der Waals surface area (Å²) >= 11 is 0. The van der Waals surface area contributed by atoms with E-state index in [1.807, 2.05) is 69.3 Å². The minimum atomic E-state index is -0.516. The molecule has 4 rings (SSSR count). The van der Waals surface area contributed by atoms with Crippen LogP contribution in [0, 0.1) is 0 Å². The molecule has 1 amide bonds. The highest BCUT2D eigenvalue weighted by atomic mass is 16.6. The van der Waals surface area contributed by atoms with Crippen molar-refractivity contribution in [2.45, 2.75) is 58.7 Å². The molecule has 1 fully saturated rings. The third-order valence-corrected chi connectivity index (χ3v) is 7.18. The fraction of sp³-hybridized carbons (Fsp3) is 0.455. The number of carbonyl (C=O) groups is 1. The monoisotopic (exact) mass is 577 g/mol. The number of anilines is 1. The summed E-state index contributed by atoms with van der Waals surface area (Å²) in [6, 6.07) is 14.4. The lowest BCUT2D eigenvalue weighted by atomic mass is 10.0. The van der Waals surface area contributed by atoms with Gasteiger partial charge in [-0.05, 0) is 94.1 Å². The van der Waals surface area contributed by atoms with Crippen LogP contribution in [0.15, 0.2) is 54.9 Å². The molecule has 2 aromatic carbocycles.